The molecule has 0 fully saturated rings. The van der Waals surface area contributed by atoms with Crippen molar-refractivity contribution >= 4 is 35.2 Å². The zero-order valence-electron chi connectivity index (χ0n) is 21.9. The lowest BCUT2D eigenvalue weighted by Crippen LogP contribution is -2.53. The highest BCUT2D eigenvalue weighted by Crippen LogP contribution is 2.31. The number of aliphatic hydroxyl groups is 1. The molecule has 196 valence electrons. The number of aryl methyl sites for hydroxylation is 2. The van der Waals surface area contributed by atoms with E-state index in [0.29, 0.717) is 16.3 Å². The molecular weight excluding hydrogens is 482 g/mol. The number of carbonyl (C=O) groups excluding carboxylic acids is 3. The summed E-state index contributed by atoms with van der Waals surface area (Å²) in [5.41, 5.74) is 2.86. The molecule has 2 atom stereocenters. The third-order valence-corrected chi connectivity index (χ3v) is 6.08. The van der Waals surface area contributed by atoms with Gasteiger partial charge >= 0.3 is 6.09 Å². The van der Waals surface area contributed by atoms with Crippen LogP contribution in [0.3, 0.4) is 0 Å². The zero-order valence-corrected chi connectivity index (χ0v) is 22.7. The van der Waals surface area contributed by atoms with Crippen molar-refractivity contribution in [2.75, 3.05) is 18.5 Å². The summed E-state index contributed by atoms with van der Waals surface area (Å²) in [5, 5.41) is 15.6. The summed E-state index contributed by atoms with van der Waals surface area (Å²) in [6.45, 7) is 11.9. The number of carbonyl (C=O) groups is 3. The summed E-state index contributed by atoms with van der Waals surface area (Å²) in [6, 6.07) is 8.46. The number of nitrogens with zero attached hydrogens (tertiary/aromatic N) is 1. The van der Waals surface area contributed by atoms with E-state index in [0.717, 1.165) is 16.7 Å². The van der Waals surface area contributed by atoms with Crippen molar-refractivity contribution in [1.82, 2.24) is 10.2 Å². The van der Waals surface area contributed by atoms with Crippen molar-refractivity contribution in [3.63, 3.8) is 0 Å². The predicted octanol–water partition coefficient (Wildman–Crippen LogP) is 4.68. The lowest BCUT2D eigenvalue weighted by atomic mass is 9.95. The standard InChI is InChI=1S/C27H36ClN3O5/c1-8-31(25(34)21(15-32)29-26(35)36-27(5,6)7)23(19-13-9-11-16(2)18(19)4)24(33)30-22-17(3)12-10-14-20(22)28/h9-14,21,23,32H,8,15H2,1-7H3,(H,29,35)(H,30,33). The van der Waals surface area contributed by atoms with Crippen molar-refractivity contribution in [3.05, 3.63) is 63.7 Å². The third kappa shape index (κ3) is 7.21. The molecule has 0 aromatic heterocycles. The van der Waals surface area contributed by atoms with Crippen LogP contribution in [-0.4, -0.2) is 52.7 Å². The van der Waals surface area contributed by atoms with E-state index < -0.39 is 42.2 Å². The molecule has 3 N–H and O–H groups in total. The van der Waals surface area contributed by atoms with E-state index in [4.69, 9.17) is 16.3 Å². The summed E-state index contributed by atoms with van der Waals surface area (Å²) >= 11 is 6.35. The number of likely N-dealkylation sites (N-methyl/N-ethyl adjacent to an activating group) is 1. The summed E-state index contributed by atoms with van der Waals surface area (Å²) in [6.07, 6.45) is -0.842. The normalized spacial score (nSPS) is 12.9. The van der Waals surface area contributed by atoms with E-state index in [9.17, 15) is 19.5 Å². The number of anilines is 1. The molecule has 0 spiro atoms. The first-order valence-electron chi connectivity index (χ1n) is 11.8. The third-order valence-electron chi connectivity index (χ3n) is 5.77. The van der Waals surface area contributed by atoms with E-state index in [1.54, 1.807) is 45.9 Å². The highest BCUT2D eigenvalue weighted by molar-refractivity contribution is 6.34. The number of aliphatic hydroxyl groups excluding tert-OH is 1. The van der Waals surface area contributed by atoms with E-state index in [1.165, 1.54) is 4.90 Å². The summed E-state index contributed by atoms with van der Waals surface area (Å²) in [5.74, 6) is -1.09. The van der Waals surface area contributed by atoms with Gasteiger partial charge in [-0.3, -0.25) is 9.59 Å². The molecule has 0 aliphatic heterocycles. The molecule has 0 aliphatic carbocycles. The van der Waals surface area contributed by atoms with Crippen LogP contribution < -0.4 is 10.6 Å². The molecular formula is C27H36ClN3O5. The van der Waals surface area contributed by atoms with Crippen LogP contribution in [0.4, 0.5) is 10.5 Å². The lowest BCUT2D eigenvalue weighted by molar-refractivity contribution is -0.141. The quantitative estimate of drug-likeness (QED) is 0.471. The molecule has 36 heavy (non-hydrogen) atoms. The minimum absolute atomic E-state index is 0.137. The van der Waals surface area contributed by atoms with Crippen LogP contribution in [0.5, 0.6) is 0 Å². The number of hydrogen-bond acceptors (Lipinski definition) is 5. The van der Waals surface area contributed by atoms with Crippen LogP contribution >= 0.6 is 11.6 Å². The molecule has 0 saturated carbocycles. The van der Waals surface area contributed by atoms with Gasteiger partial charge in [0.1, 0.15) is 17.7 Å². The first kappa shape index (κ1) is 29.1. The maximum atomic E-state index is 13.8. The van der Waals surface area contributed by atoms with Gasteiger partial charge in [-0.2, -0.15) is 0 Å². The second kappa shape index (κ2) is 12.2. The fraction of sp³-hybridized carbons (Fsp3) is 0.444. The number of benzene rings is 2. The van der Waals surface area contributed by atoms with Gasteiger partial charge in [0.25, 0.3) is 5.91 Å². The molecule has 0 aliphatic rings. The smallest absolute Gasteiger partial charge is 0.408 e. The molecule has 3 amide bonds. The van der Waals surface area contributed by atoms with Crippen LogP contribution in [-0.2, 0) is 14.3 Å². The molecule has 2 unspecified atom stereocenters. The number of nitrogens with one attached hydrogen (secondary N) is 2. The monoisotopic (exact) mass is 517 g/mol. The average molecular weight is 518 g/mol. The summed E-state index contributed by atoms with van der Waals surface area (Å²) < 4.78 is 5.24. The van der Waals surface area contributed by atoms with E-state index >= 15 is 0 Å². The summed E-state index contributed by atoms with van der Waals surface area (Å²) in [4.78, 5) is 41.0. The van der Waals surface area contributed by atoms with Gasteiger partial charge in [-0.15, -0.1) is 0 Å². The highest BCUT2D eigenvalue weighted by atomic mass is 35.5. The molecule has 2 aromatic rings. The fourth-order valence-corrected chi connectivity index (χ4v) is 4.07. The number of ether oxygens (including phenoxy) is 1. The Morgan fingerprint density at radius 1 is 1.06 bits per heavy atom. The minimum Gasteiger partial charge on any atom is -0.444 e. The van der Waals surface area contributed by atoms with Crippen LogP contribution in [0.1, 0.15) is 56.0 Å². The number of rotatable bonds is 8. The second-order valence-electron chi connectivity index (χ2n) is 9.62. The number of amides is 3. The minimum atomic E-state index is -1.30. The first-order valence-corrected chi connectivity index (χ1v) is 12.2. The Hall–Kier alpha value is -3.10. The van der Waals surface area contributed by atoms with Gasteiger partial charge in [0.15, 0.2) is 0 Å². The predicted molar refractivity (Wildman–Crippen MR) is 141 cm³/mol. The SMILES string of the molecule is CCN(C(=O)C(CO)NC(=O)OC(C)(C)C)C(C(=O)Nc1c(C)cccc1Cl)c1cccc(C)c1C. The average Bonchev–Trinajstić information content (AvgIpc) is 2.78. The molecule has 8 nitrogen and oxygen atoms in total. The summed E-state index contributed by atoms with van der Waals surface area (Å²) in [7, 11) is 0. The van der Waals surface area contributed by atoms with E-state index in [-0.39, 0.29) is 6.54 Å². The Bertz CT molecular complexity index is 1090. The Balaban J connectivity index is 2.50. The van der Waals surface area contributed by atoms with Gasteiger partial charge in [0.2, 0.25) is 5.91 Å². The van der Waals surface area contributed by atoms with Crippen molar-refractivity contribution in [3.8, 4) is 0 Å². The number of alkyl carbamates (subject to hydrolysis) is 1. The van der Waals surface area contributed by atoms with E-state index in [1.807, 2.05) is 39.0 Å². The molecule has 0 saturated heterocycles. The van der Waals surface area contributed by atoms with Gasteiger partial charge in [-0.1, -0.05) is 41.9 Å². The van der Waals surface area contributed by atoms with Crippen molar-refractivity contribution in [1.29, 1.82) is 0 Å². The largest absolute Gasteiger partial charge is 0.444 e. The first-order chi connectivity index (χ1) is 16.8. The van der Waals surface area contributed by atoms with Gasteiger partial charge in [0.05, 0.1) is 17.3 Å². The topological polar surface area (TPSA) is 108 Å². The molecule has 9 heteroatoms. The Labute approximate surface area is 218 Å². The number of para-hydroxylation sites is 1. The van der Waals surface area contributed by atoms with Crippen LogP contribution in [0, 0.1) is 20.8 Å². The van der Waals surface area contributed by atoms with E-state index in [2.05, 4.69) is 10.6 Å². The Morgan fingerprint density at radius 3 is 2.22 bits per heavy atom. The van der Waals surface area contributed by atoms with Crippen molar-refractivity contribution in [2.24, 2.45) is 0 Å². The zero-order chi connectivity index (χ0) is 27.2. The van der Waals surface area contributed by atoms with Crippen molar-refractivity contribution in [2.45, 2.75) is 66.2 Å². The Morgan fingerprint density at radius 2 is 1.67 bits per heavy atom. The van der Waals surface area contributed by atoms with Gasteiger partial charge in [-0.25, -0.2) is 4.79 Å². The van der Waals surface area contributed by atoms with Crippen LogP contribution in [0.15, 0.2) is 36.4 Å². The lowest BCUT2D eigenvalue weighted by Gasteiger charge is -2.34. The number of hydrogen-bond donors (Lipinski definition) is 3. The van der Waals surface area contributed by atoms with Crippen LogP contribution in [0.25, 0.3) is 0 Å². The van der Waals surface area contributed by atoms with Gasteiger partial charge < -0.3 is 25.4 Å². The maximum absolute atomic E-state index is 13.8. The molecule has 2 rings (SSSR count). The van der Waals surface area contributed by atoms with Crippen molar-refractivity contribution < 1.29 is 24.2 Å². The molecule has 2 aromatic carbocycles. The second-order valence-corrected chi connectivity index (χ2v) is 10.0. The fourth-order valence-electron chi connectivity index (χ4n) is 3.80. The highest BCUT2D eigenvalue weighted by Gasteiger charge is 2.36. The molecule has 0 heterocycles. The van der Waals surface area contributed by atoms with Gasteiger partial charge in [-0.05, 0) is 76.8 Å². The Kier molecular flexibility index (Phi) is 9.90. The molecule has 0 radical (unpaired) electrons. The van der Waals surface area contributed by atoms with Gasteiger partial charge in [0, 0.05) is 6.54 Å². The maximum Gasteiger partial charge on any atom is 0.408 e. The number of halogens is 1. The molecule has 0 bridgehead atoms. The van der Waals surface area contributed by atoms with Crippen LogP contribution in [0.2, 0.25) is 5.02 Å².